The molecule has 0 aromatic carbocycles. The average Bonchev–Trinajstić information content (AvgIpc) is 3.72. The summed E-state index contributed by atoms with van der Waals surface area (Å²) in [6.07, 6.45) is -7.33. The van der Waals surface area contributed by atoms with Gasteiger partial charge in [0.2, 0.25) is 17.7 Å². The first-order chi connectivity index (χ1) is 24.7. The number of rotatable bonds is 16. The molecule has 4 heterocycles. The SMILES string of the molecule is COC(=O)CCNC(=O)C[C@H](NC(=O)CCNC(=O)C[C@H](NC(=O)OC(C)(C)C)[C@H]1O[C@@H]2OC(C)(C)O[C@@H]2[C@H]1OC)[C@H]1O[C@@H]2OC(C)(C)O[C@@H]2[C@H]1OC. The minimum atomic E-state index is -0.925. The van der Waals surface area contributed by atoms with E-state index in [-0.39, 0.29) is 38.8 Å². The Bertz CT molecular complexity index is 1320. The number of amides is 4. The first-order valence-electron chi connectivity index (χ1n) is 17.7. The molecule has 10 atom stereocenters. The normalized spacial score (nSPS) is 30.8. The van der Waals surface area contributed by atoms with E-state index in [0.29, 0.717) is 0 Å². The lowest BCUT2D eigenvalue weighted by Crippen LogP contribution is -2.53. The second-order valence-corrected chi connectivity index (χ2v) is 15.2. The van der Waals surface area contributed by atoms with Crippen LogP contribution in [0.25, 0.3) is 0 Å². The van der Waals surface area contributed by atoms with E-state index >= 15 is 0 Å². The Kier molecular flexibility index (Phi) is 14.1. The van der Waals surface area contributed by atoms with Crippen molar-refractivity contribution in [3.05, 3.63) is 0 Å². The summed E-state index contributed by atoms with van der Waals surface area (Å²) in [7, 11) is 4.18. The van der Waals surface area contributed by atoms with Crippen LogP contribution in [0.2, 0.25) is 0 Å². The van der Waals surface area contributed by atoms with Crippen molar-refractivity contribution in [3.63, 3.8) is 0 Å². The van der Waals surface area contributed by atoms with Crippen molar-refractivity contribution in [1.29, 1.82) is 0 Å². The Labute approximate surface area is 309 Å². The molecule has 0 aromatic rings. The topological polar surface area (TPSA) is 226 Å². The third kappa shape index (κ3) is 11.7. The molecule has 4 aliphatic rings. The highest BCUT2D eigenvalue weighted by atomic mass is 16.9. The number of carbonyl (C=O) groups is 5. The average molecular weight is 761 g/mol. The molecule has 0 radical (unpaired) electrons. The largest absolute Gasteiger partial charge is 0.469 e. The van der Waals surface area contributed by atoms with Crippen LogP contribution in [0.4, 0.5) is 4.79 Å². The van der Waals surface area contributed by atoms with Gasteiger partial charge >= 0.3 is 12.1 Å². The molecule has 0 spiro atoms. The number of methoxy groups -OCH3 is 3. The van der Waals surface area contributed by atoms with Gasteiger partial charge in [-0.3, -0.25) is 19.2 Å². The molecule has 0 aliphatic carbocycles. The number of carbonyl (C=O) groups excluding carboxylic acids is 5. The smallest absolute Gasteiger partial charge is 0.407 e. The van der Waals surface area contributed by atoms with Gasteiger partial charge in [0.1, 0.15) is 42.2 Å². The first kappa shape index (κ1) is 42.6. The van der Waals surface area contributed by atoms with Crippen LogP contribution in [0.5, 0.6) is 0 Å². The number of nitrogens with one attached hydrogen (secondary N) is 4. The van der Waals surface area contributed by atoms with E-state index in [0.717, 1.165) is 0 Å². The molecule has 4 amide bonds. The summed E-state index contributed by atoms with van der Waals surface area (Å²) in [6.45, 7) is 12.0. The van der Waals surface area contributed by atoms with Crippen LogP contribution in [0.3, 0.4) is 0 Å². The number of hydrogen-bond acceptors (Lipinski definition) is 15. The minimum absolute atomic E-state index is 0.0310. The van der Waals surface area contributed by atoms with Crippen LogP contribution in [-0.2, 0) is 66.5 Å². The summed E-state index contributed by atoms with van der Waals surface area (Å²) >= 11 is 0. The zero-order valence-electron chi connectivity index (χ0n) is 32.1. The fourth-order valence-electron chi connectivity index (χ4n) is 6.69. The number of fused-ring (bicyclic) bond motifs is 2. The number of hydrogen-bond donors (Lipinski definition) is 4. The Balaban J connectivity index is 1.37. The predicted octanol–water partition coefficient (Wildman–Crippen LogP) is 0.113. The summed E-state index contributed by atoms with van der Waals surface area (Å²) in [5.74, 6) is -3.78. The quantitative estimate of drug-likeness (QED) is 0.153. The van der Waals surface area contributed by atoms with E-state index in [1.807, 2.05) is 0 Å². The van der Waals surface area contributed by atoms with Gasteiger partial charge in [0, 0.05) is 46.6 Å². The van der Waals surface area contributed by atoms with Crippen molar-refractivity contribution >= 4 is 29.8 Å². The fraction of sp³-hybridized carbons (Fsp3) is 0.853. The molecule has 4 aliphatic heterocycles. The molecule has 302 valence electrons. The summed E-state index contributed by atoms with van der Waals surface area (Å²) < 4.78 is 57.3. The molecule has 19 heteroatoms. The Hall–Kier alpha value is -3.17. The van der Waals surface area contributed by atoms with Crippen molar-refractivity contribution < 1.29 is 71.3 Å². The van der Waals surface area contributed by atoms with Gasteiger partial charge in [0.15, 0.2) is 24.2 Å². The van der Waals surface area contributed by atoms with Crippen molar-refractivity contribution in [2.75, 3.05) is 34.4 Å². The zero-order valence-corrected chi connectivity index (χ0v) is 32.1. The summed E-state index contributed by atoms with van der Waals surface area (Å²) in [6, 6.07) is -1.82. The van der Waals surface area contributed by atoms with Crippen LogP contribution in [0.15, 0.2) is 0 Å². The van der Waals surface area contributed by atoms with Gasteiger partial charge in [0.25, 0.3) is 0 Å². The lowest BCUT2D eigenvalue weighted by molar-refractivity contribution is -0.220. The highest BCUT2D eigenvalue weighted by Crippen LogP contribution is 2.41. The first-order valence-corrected chi connectivity index (χ1v) is 17.7. The van der Waals surface area contributed by atoms with Gasteiger partial charge in [-0.1, -0.05) is 0 Å². The molecular formula is C34H56N4O15. The van der Waals surface area contributed by atoms with Gasteiger partial charge in [-0.15, -0.1) is 0 Å². The molecular weight excluding hydrogens is 704 g/mol. The zero-order chi connectivity index (χ0) is 39.3. The van der Waals surface area contributed by atoms with Crippen molar-refractivity contribution in [2.45, 2.75) is 153 Å². The Morgan fingerprint density at radius 2 is 1.11 bits per heavy atom. The lowest BCUT2D eigenvalue weighted by Gasteiger charge is -2.31. The standard InChI is InChI=1S/C34H56N4O15/c1-32(2,3)53-31(43)38-18(24-26(46-10)28-30(48-24)52-34(6,7)50-28)16-21(41)35-13-11-19(39)37-17(15-20(40)36-14-12-22(42)44-8)23-25(45-9)27-29(47-23)51-33(4,5)49-27/h17-18,23-30H,11-16H2,1-10H3,(H,35,41)(H,36,40)(H,37,39)(H,38,43)/t17-,18-,23+,24+,25-,26-,27+,28+,29+,30+/m0/s1. The van der Waals surface area contributed by atoms with E-state index in [1.165, 1.54) is 21.3 Å². The van der Waals surface area contributed by atoms with Crippen LogP contribution >= 0.6 is 0 Å². The van der Waals surface area contributed by atoms with Crippen molar-refractivity contribution in [2.24, 2.45) is 0 Å². The van der Waals surface area contributed by atoms with E-state index in [4.69, 9.17) is 42.6 Å². The molecule has 0 unspecified atom stereocenters. The van der Waals surface area contributed by atoms with Gasteiger partial charge in [-0.25, -0.2) is 4.79 Å². The molecule has 0 saturated carbocycles. The van der Waals surface area contributed by atoms with Gasteiger partial charge in [-0.2, -0.15) is 0 Å². The highest BCUT2D eigenvalue weighted by Gasteiger charge is 2.58. The number of esters is 1. The van der Waals surface area contributed by atoms with Gasteiger partial charge < -0.3 is 68.6 Å². The van der Waals surface area contributed by atoms with Crippen molar-refractivity contribution in [3.8, 4) is 0 Å². The van der Waals surface area contributed by atoms with Crippen molar-refractivity contribution in [1.82, 2.24) is 21.3 Å². The lowest BCUT2D eigenvalue weighted by atomic mass is 9.99. The Morgan fingerprint density at radius 1 is 0.660 bits per heavy atom. The maximum atomic E-state index is 13.3. The van der Waals surface area contributed by atoms with Gasteiger partial charge in [0.05, 0.1) is 25.6 Å². The highest BCUT2D eigenvalue weighted by molar-refractivity contribution is 5.82. The van der Waals surface area contributed by atoms with Crippen LogP contribution in [0.1, 0.15) is 74.1 Å². The van der Waals surface area contributed by atoms with E-state index in [1.54, 1.807) is 48.5 Å². The predicted molar refractivity (Wildman–Crippen MR) is 181 cm³/mol. The van der Waals surface area contributed by atoms with E-state index < -0.39 is 108 Å². The third-order valence-corrected chi connectivity index (χ3v) is 8.80. The maximum absolute atomic E-state index is 13.3. The molecule has 19 nitrogen and oxygen atoms in total. The molecule has 4 saturated heterocycles. The minimum Gasteiger partial charge on any atom is -0.469 e. The van der Waals surface area contributed by atoms with Crippen LogP contribution in [-0.4, -0.2) is 143 Å². The summed E-state index contributed by atoms with van der Waals surface area (Å²) in [4.78, 5) is 63.8. The van der Waals surface area contributed by atoms with Crippen LogP contribution < -0.4 is 21.3 Å². The van der Waals surface area contributed by atoms with E-state index in [2.05, 4.69) is 26.0 Å². The molecule has 4 N–H and O–H groups in total. The van der Waals surface area contributed by atoms with Crippen LogP contribution in [0, 0.1) is 0 Å². The van der Waals surface area contributed by atoms with Gasteiger partial charge in [-0.05, 0) is 48.5 Å². The number of ether oxygens (including phenoxy) is 10. The second-order valence-electron chi connectivity index (χ2n) is 15.2. The molecule has 0 aromatic heterocycles. The molecule has 0 bridgehead atoms. The summed E-state index contributed by atoms with van der Waals surface area (Å²) in [5, 5.41) is 10.9. The second kappa shape index (κ2) is 17.5. The third-order valence-electron chi connectivity index (χ3n) is 8.80. The molecule has 53 heavy (non-hydrogen) atoms. The fourth-order valence-corrected chi connectivity index (χ4v) is 6.69. The molecule has 4 fully saturated rings. The number of alkyl carbamates (subject to hydrolysis) is 1. The monoisotopic (exact) mass is 760 g/mol. The maximum Gasteiger partial charge on any atom is 0.407 e. The summed E-state index contributed by atoms with van der Waals surface area (Å²) in [5.41, 5.74) is -0.808. The molecule has 4 rings (SSSR count). The van der Waals surface area contributed by atoms with E-state index in [9.17, 15) is 24.0 Å². The Morgan fingerprint density at radius 3 is 1.55 bits per heavy atom.